The first-order valence-corrected chi connectivity index (χ1v) is 7.82. The van der Waals surface area contributed by atoms with Crippen molar-refractivity contribution in [3.8, 4) is 0 Å². The maximum Gasteiger partial charge on any atom is 0.101 e. The Morgan fingerprint density at radius 3 is 2.40 bits per heavy atom. The van der Waals surface area contributed by atoms with Crippen molar-refractivity contribution in [3.63, 3.8) is 0 Å². The summed E-state index contributed by atoms with van der Waals surface area (Å²) in [5, 5.41) is 0. The van der Waals surface area contributed by atoms with Gasteiger partial charge in [0.05, 0.1) is 5.70 Å². The van der Waals surface area contributed by atoms with Gasteiger partial charge in [-0.25, -0.2) is 0 Å². The molecule has 15 heavy (non-hydrogen) atoms. The van der Waals surface area contributed by atoms with Gasteiger partial charge in [0.15, 0.2) is 0 Å². The summed E-state index contributed by atoms with van der Waals surface area (Å²) in [6.07, 6.45) is 6.44. The molecule has 1 atom stereocenters. The fourth-order valence-corrected chi connectivity index (χ4v) is 3.89. The van der Waals surface area contributed by atoms with Crippen molar-refractivity contribution in [1.82, 2.24) is 8.15 Å². The van der Waals surface area contributed by atoms with E-state index in [9.17, 15) is 0 Å². The SMILES string of the molecule is CSN1C=C(c2ccccc2)N(SC)P1. The van der Waals surface area contributed by atoms with E-state index in [0.29, 0.717) is 8.88 Å². The van der Waals surface area contributed by atoms with E-state index in [1.54, 1.807) is 23.9 Å². The minimum absolute atomic E-state index is 0.697. The third-order valence-corrected chi connectivity index (χ3v) is 5.49. The van der Waals surface area contributed by atoms with Gasteiger partial charge in [0.1, 0.15) is 8.88 Å². The lowest BCUT2D eigenvalue weighted by Crippen LogP contribution is -1.98. The lowest BCUT2D eigenvalue weighted by atomic mass is 10.2. The maximum atomic E-state index is 2.33. The van der Waals surface area contributed by atoms with Gasteiger partial charge >= 0.3 is 0 Å². The molecule has 1 heterocycles. The van der Waals surface area contributed by atoms with Crippen LogP contribution in [0.4, 0.5) is 0 Å². The molecule has 1 unspecified atom stereocenters. The van der Waals surface area contributed by atoms with Gasteiger partial charge in [-0.2, -0.15) is 0 Å². The Balaban J connectivity index is 2.27. The average Bonchev–Trinajstić information content (AvgIpc) is 2.73. The molecule has 0 radical (unpaired) electrons. The Kier molecular flexibility index (Phi) is 3.84. The fourth-order valence-electron chi connectivity index (χ4n) is 1.37. The van der Waals surface area contributed by atoms with Crippen LogP contribution >= 0.6 is 32.8 Å². The van der Waals surface area contributed by atoms with Crippen molar-refractivity contribution < 1.29 is 0 Å². The minimum Gasteiger partial charge on any atom is -0.283 e. The summed E-state index contributed by atoms with van der Waals surface area (Å²) < 4.78 is 4.59. The number of benzene rings is 1. The molecule has 2 rings (SSSR count). The molecular weight excluding hydrogens is 243 g/mol. The van der Waals surface area contributed by atoms with E-state index in [-0.39, 0.29) is 0 Å². The summed E-state index contributed by atoms with van der Waals surface area (Å²) in [6.45, 7) is 0. The Labute approximate surface area is 101 Å². The molecule has 0 spiro atoms. The highest BCUT2D eigenvalue weighted by Gasteiger charge is 2.21. The van der Waals surface area contributed by atoms with E-state index in [2.05, 4.69) is 57.2 Å². The second-order valence-electron chi connectivity index (χ2n) is 2.97. The van der Waals surface area contributed by atoms with Gasteiger partial charge in [-0.3, -0.25) is 8.15 Å². The molecule has 0 bridgehead atoms. The third-order valence-electron chi connectivity index (χ3n) is 2.10. The van der Waals surface area contributed by atoms with Crippen LogP contribution in [0.1, 0.15) is 5.56 Å². The molecule has 0 aromatic heterocycles. The summed E-state index contributed by atoms with van der Waals surface area (Å²) in [7, 11) is 0.697. The lowest BCUT2D eigenvalue weighted by molar-refractivity contribution is 1.03. The molecule has 2 nitrogen and oxygen atoms in total. The second-order valence-corrected chi connectivity index (χ2v) is 6.23. The molecule has 0 aliphatic carbocycles. The van der Waals surface area contributed by atoms with E-state index in [4.69, 9.17) is 0 Å². The number of hydrogen-bond acceptors (Lipinski definition) is 4. The molecule has 5 heteroatoms. The van der Waals surface area contributed by atoms with Crippen LogP contribution in [-0.4, -0.2) is 20.7 Å². The largest absolute Gasteiger partial charge is 0.283 e. The predicted molar refractivity (Wildman–Crippen MR) is 73.4 cm³/mol. The highest BCUT2D eigenvalue weighted by molar-refractivity contribution is 8.03. The summed E-state index contributed by atoms with van der Waals surface area (Å²) in [4.78, 5) is 0. The van der Waals surface area contributed by atoms with Crippen LogP contribution in [0.2, 0.25) is 0 Å². The molecular formula is C10H13N2PS2. The normalized spacial score (nSPS) is 17.3. The zero-order valence-corrected chi connectivity index (χ0v) is 11.3. The van der Waals surface area contributed by atoms with E-state index >= 15 is 0 Å². The molecule has 0 saturated heterocycles. The molecule has 80 valence electrons. The van der Waals surface area contributed by atoms with Crippen LogP contribution in [0.3, 0.4) is 0 Å². The van der Waals surface area contributed by atoms with Crippen molar-refractivity contribution in [2.45, 2.75) is 0 Å². The van der Waals surface area contributed by atoms with Gasteiger partial charge in [0.2, 0.25) is 0 Å². The second kappa shape index (κ2) is 5.15. The minimum atomic E-state index is 0.697. The maximum absolute atomic E-state index is 2.33. The number of hydrogen-bond donors (Lipinski definition) is 0. The molecule has 0 amide bonds. The van der Waals surface area contributed by atoms with Crippen LogP contribution in [0.25, 0.3) is 5.70 Å². The molecule has 0 N–H and O–H groups in total. The van der Waals surface area contributed by atoms with Gasteiger partial charge in [-0.15, -0.1) is 0 Å². The molecule has 1 aromatic rings. The molecule has 1 aliphatic rings. The van der Waals surface area contributed by atoms with Gasteiger partial charge < -0.3 is 0 Å². The Morgan fingerprint density at radius 2 is 1.80 bits per heavy atom. The van der Waals surface area contributed by atoms with Crippen molar-refractivity contribution in [1.29, 1.82) is 0 Å². The van der Waals surface area contributed by atoms with Crippen molar-refractivity contribution >= 4 is 38.5 Å². The Bertz CT molecular complexity index is 356. The Hall–Kier alpha value is -0.310. The van der Waals surface area contributed by atoms with Crippen molar-refractivity contribution in [3.05, 3.63) is 42.1 Å². The van der Waals surface area contributed by atoms with Crippen molar-refractivity contribution in [2.75, 3.05) is 12.5 Å². The predicted octanol–water partition coefficient (Wildman–Crippen LogP) is 3.67. The summed E-state index contributed by atoms with van der Waals surface area (Å²) >= 11 is 3.54. The average molecular weight is 256 g/mol. The van der Waals surface area contributed by atoms with E-state index in [1.807, 2.05) is 0 Å². The van der Waals surface area contributed by atoms with E-state index < -0.39 is 0 Å². The summed E-state index contributed by atoms with van der Waals surface area (Å²) in [5.74, 6) is 0. The van der Waals surface area contributed by atoms with Crippen LogP contribution in [0.5, 0.6) is 0 Å². The summed E-state index contributed by atoms with van der Waals surface area (Å²) in [6, 6.07) is 10.5. The van der Waals surface area contributed by atoms with Gasteiger partial charge in [-0.1, -0.05) is 30.3 Å². The van der Waals surface area contributed by atoms with E-state index in [1.165, 1.54) is 11.3 Å². The number of nitrogens with zero attached hydrogens (tertiary/aromatic N) is 2. The van der Waals surface area contributed by atoms with Crippen LogP contribution in [0, 0.1) is 0 Å². The van der Waals surface area contributed by atoms with E-state index in [0.717, 1.165) is 0 Å². The highest BCUT2D eigenvalue weighted by atomic mass is 32.2. The first-order valence-electron chi connectivity index (χ1n) is 4.56. The topological polar surface area (TPSA) is 6.48 Å². The molecule has 1 aliphatic heterocycles. The number of rotatable bonds is 3. The third kappa shape index (κ3) is 2.44. The van der Waals surface area contributed by atoms with Crippen LogP contribution in [-0.2, 0) is 0 Å². The van der Waals surface area contributed by atoms with Crippen LogP contribution < -0.4 is 0 Å². The lowest BCUT2D eigenvalue weighted by Gasteiger charge is -2.18. The molecule has 0 saturated carbocycles. The molecule has 0 fully saturated rings. The van der Waals surface area contributed by atoms with Gasteiger partial charge in [0.25, 0.3) is 0 Å². The highest BCUT2D eigenvalue weighted by Crippen LogP contribution is 2.47. The van der Waals surface area contributed by atoms with Crippen molar-refractivity contribution in [2.24, 2.45) is 0 Å². The van der Waals surface area contributed by atoms with Crippen LogP contribution in [0.15, 0.2) is 36.5 Å². The quantitative estimate of drug-likeness (QED) is 0.601. The fraction of sp³-hybridized carbons (Fsp3) is 0.200. The van der Waals surface area contributed by atoms with Gasteiger partial charge in [0, 0.05) is 24.3 Å². The standard InChI is InChI=1S/C10H13N2PS2/c1-14-11-8-10(12(13-11)15-2)9-6-4-3-5-7-9/h3-8,13H,1-2H3. The monoisotopic (exact) mass is 256 g/mol. The first-order chi connectivity index (χ1) is 7.35. The van der Waals surface area contributed by atoms with Gasteiger partial charge in [-0.05, 0) is 23.9 Å². The Morgan fingerprint density at radius 1 is 1.07 bits per heavy atom. The first kappa shape index (κ1) is 11.2. The zero-order valence-electron chi connectivity index (χ0n) is 8.68. The zero-order chi connectivity index (χ0) is 10.7. The smallest absolute Gasteiger partial charge is 0.101 e. The molecule has 1 aromatic carbocycles. The summed E-state index contributed by atoms with van der Waals surface area (Å²) in [5.41, 5.74) is 2.59.